The Bertz CT molecular complexity index is 970. The molecule has 0 aliphatic heterocycles. The number of carbonyl (C=O) groups is 1. The molecule has 0 bridgehead atoms. The Labute approximate surface area is 160 Å². The van der Waals surface area contributed by atoms with E-state index in [4.69, 9.17) is 4.74 Å². The molecule has 0 unspecified atom stereocenters. The first-order valence-corrected chi connectivity index (χ1v) is 8.42. The lowest BCUT2D eigenvalue weighted by Gasteiger charge is -2.10. The first-order valence-electron chi connectivity index (χ1n) is 8.42. The van der Waals surface area contributed by atoms with Crippen LogP contribution >= 0.6 is 0 Å². The average Bonchev–Trinajstić information content (AvgIpc) is 2.72. The van der Waals surface area contributed by atoms with Crippen LogP contribution in [0.4, 0.5) is 13.2 Å². The smallest absolute Gasteiger partial charge is 0.416 e. The van der Waals surface area contributed by atoms with Gasteiger partial charge in [0.05, 0.1) is 18.4 Å². The molecule has 0 aliphatic rings. The number of alkyl halides is 3. The van der Waals surface area contributed by atoms with Crippen molar-refractivity contribution in [1.82, 2.24) is 10.3 Å². The maximum atomic E-state index is 12.8. The molecule has 0 spiro atoms. The van der Waals surface area contributed by atoms with Crippen LogP contribution in [0.5, 0.6) is 5.75 Å². The number of hydrogen-bond acceptors (Lipinski definition) is 3. The summed E-state index contributed by atoms with van der Waals surface area (Å²) in [5, 5.41) is 2.79. The first-order chi connectivity index (χ1) is 13.4. The zero-order chi connectivity index (χ0) is 20.1. The molecule has 2 aromatic carbocycles. The van der Waals surface area contributed by atoms with E-state index in [-0.39, 0.29) is 11.6 Å². The van der Waals surface area contributed by atoms with Gasteiger partial charge in [0, 0.05) is 29.4 Å². The summed E-state index contributed by atoms with van der Waals surface area (Å²) in [6.07, 6.45) is -3.32. The second kappa shape index (κ2) is 8.12. The van der Waals surface area contributed by atoms with E-state index in [9.17, 15) is 18.0 Å². The highest BCUT2D eigenvalue weighted by Gasteiger charge is 2.30. The molecule has 3 aromatic rings. The third-order valence-corrected chi connectivity index (χ3v) is 4.16. The summed E-state index contributed by atoms with van der Waals surface area (Å²) in [5.41, 5.74) is 1.15. The monoisotopic (exact) mass is 386 g/mol. The maximum Gasteiger partial charge on any atom is 0.416 e. The van der Waals surface area contributed by atoms with E-state index in [1.807, 2.05) is 18.2 Å². The second-order valence-corrected chi connectivity index (χ2v) is 6.00. The van der Waals surface area contributed by atoms with E-state index in [1.165, 1.54) is 0 Å². The number of aromatic nitrogens is 1. The molecular formula is C21H17F3N2O2. The Morgan fingerprint density at radius 3 is 2.46 bits per heavy atom. The predicted molar refractivity (Wildman–Crippen MR) is 98.8 cm³/mol. The number of pyridine rings is 1. The molecule has 28 heavy (non-hydrogen) atoms. The van der Waals surface area contributed by atoms with Gasteiger partial charge in [-0.2, -0.15) is 13.2 Å². The lowest BCUT2D eigenvalue weighted by Crippen LogP contribution is -2.22. The van der Waals surface area contributed by atoms with Crippen molar-refractivity contribution in [3.63, 3.8) is 0 Å². The summed E-state index contributed by atoms with van der Waals surface area (Å²) < 4.78 is 43.8. The van der Waals surface area contributed by atoms with Gasteiger partial charge in [0.2, 0.25) is 0 Å². The number of carbonyl (C=O) groups excluding carboxylic acids is 1. The summed E-state index contributed by atoms with van der Waals surface area (Å²) >= 11 is 0. The van der Waals surface area contributed by atoms with Crippen LogP contribution in [0.2, 0.25) is 0 Å². The van der Waals surface area contributed by atoms with Crippen molar-refractivity contribution in [2.24, 2.45) is 0 Å². The van der Waals surface area contributed by atoms with Crippen LogP contribution in [0.15, 0.2) is 66.9 Å². The van der Waals surface area contributed by atoms with Crippen LogP contribution in [0.1, 0.15) is 21.5 Å². The van der Waals surface area contributed by atoms with Crippen LogP contribution in [0, 0.1) is 0 Å². The van der Waals surface area contributed by atoms with Crippen molar-refractivity contribution in [2.75, 3.05) is 7.11 Å². The average molecular weight is 386 g/mol. The Kier molecular flexibility index (Phi) is 5.63. The van der Waals surface area contributed by atoms with Gasteiger partial charge in [-0.1, -0.05) is 30.3 Å². The number of rotatable bonds is 5. The molecule has 1 amide bonds. The summed E-state index contributed by atoms with van der Waals surface area (Å²) in [7, 11) is 1.56. The SMILES string of the molecule is COc1ccccc1CNC(=O)c1ccc(-c2cc(C(F)(F)F)ccn2)cc1. The highest BCUT2D eigenvalue weighted by atomic mass is 19.4. The third-order valence-electron chi connectivity index (χ3n) is 4.16. The third kappa shape index (κ3) is 4.49. The number of ether oxygens (including phenoxy) is 1. The van der Waals surface area contributed by atoms with Gasteiger partial charge in [-0.15, -0.1) is 0 Å². The number of amides is 1. The minimum absolute atomic E-state index is 0.191. The number of nitrogens with zero attached hydrogens (tertiary/aromatic N) is 1. The van der Waals surface area contributed by atoms with Crippen molar-refractivity contribution in [2.45, 2.75) is 12.7 Å². The highest BCUT2D eigenvalue weighted by Crippen LogP contribution is 2.31. The van der Waals surface area contributed by atoms with Gasteiger partial charge < -0.3 is 10.1 Å². The van der Waals surface area contributed by atoms with Gasteiger partial charge in [-0.25, -0.2) is 0 Å². The Balaban J connectivity index is 1.71. The molecule has 0 fully saturated rings. The molecule has 3 rings (SSSR count). The minimum atomic E-state index is -4.43. The normalized spacial score (nSPS) is 11.1. The lowest BCUT2D eigenvalue weighted by atomic mass is 10.1. The van der Waals surface area contributed by atoms with Crippen molar-refractivity contribution in [3.8, 4) is 17.0 Å². The fourth-order valence-corrected chi connectivity index (χ4v) is 2.68. The van der Waals surface area contributed by atoms with Gasteiger partial charge >= 0.3 is 6.18 Å². The summed E-state index contributed by atoms with van der Waals surface area (Å²) in [4.78, 5) is 16.3. The van der Waals surface area contributed by atoms with E-state index >= 15 is 0 Å². The predicted octanol–water partition coefficient (Wildman–Crippen LogP) is 4.71. The van der Waals surface area contributed by atoms with Crippen molar-refractivity contribution >= 4 is 5.91 Å². The van der Waals surface area contributed by atoms with Gasteiger partial charge in [-0.05, 0) is 30.3 Å². The lowest BCUT2D eigenvalue weighted by molar-refractivity contribution is -0.137. The summed E-state index contributed by atoms with van der Waals surface area (Å²) in [6, 6.07) is 15.5. The van der Waals surface area contributed by atoms with Crippen molar-refractivity contribution in [3.05, 3.63) is 83.6 Å². The Morgan fingerprint density at radius 2 is 1.79 bits per heavy atom. The number of hydrogen-bond donors (Lipinski definition) is 1. The molecule has 1 heterocycles. The quantitative estimate of drug-likeness (QED) is 0.691. The molecule has 1 aromatic heterocycles. The summed E-state index contributed by atoms with van der Waals surface area (Å²) in [5.74, 6) is 0.378. The molecule has 0 saturated carbocycles. The van der Waals surface area contributed by atoms with E-state index in [0.29, 0.717) is 23.4 Å². The molecular weight excluding hydrogens is 369 g/mol. The zero-order valence-corrected chi connectivity index (χ0v) is 15.0. The molecule has 0 aliphatic carbocycles. The molecule has 0 saturated heterocycles. The molecule has 1 N–H and O–H groups in total. The number of para-hydroxylation sites is 1. The van der Waals surface area contributed by atoms with Crippen LogP contribution in [-0.2, 0) is 12.7 Å². The van der Waals surface area contributed by atoms with Crippen molar-refractivity contribution in [1.29, 1.82) is 0 Å². The largest absolute Gasteiger partial charge is 0.496 e. The van der Waals surface area contributed by atoms with E-state index in [0.717, 1.165) is 23.9 Å². The van der Waals surface area contributed by atoms with Gasteiger partial charge in [0.25, 0.3) is 5.91 Å². The van der Waals surface area contributed by atoms with Gasteiger partial charge in [-0.3, -0.25) is 9.78 Å². The maximum absolute atomic E-state index is 12.8. The molecule has 7 heteroatoms. The van der Waals surface area contributed by atoms with Crippen LogP contribution in [0.25, 0.3) is 11.3 Å². The van der Waals surface area contributed by atoms with Crippen LogP contribution in [-0.4, -0.2) is 18.0 Å². The van der Waals surface area contributed by atoms with Crippen molar-refractivity contribution < 1.29 is 22.7 Å². The second-order valence-electron chi connectivity index (χ2n) is 6.00. The molecule has 0 radical (unpaired) electrons. The first kappa shape index (κ1) is 19.4. The Hall–Kier alpha value is -3.35. The number of benzene rings is 2. The molecule has 4 nitrogen and oxygen atoms in total. The summed E-state index contributed by atoms with van der Waals surface area (Å²) in [6.45, 7) is 0.291. The number of halogens is 3. The van der Waals surface area contributed by atoms with Gasteiger partial charge in [0.1, 0.15) is 5.75 Å². The fraction of sp³-hybridized carbons (Fsp3) is 0.143. The van der Waals surface area contributed by atoms with Gasteiger partial charge in [0.15, 0.2) is 0 Å². The fourth-order valence-electron chi connectivity index (χ4n) is 2.68. The number of methoxy groups -OCH3 is 1. The number of nitrogens with one attached hydrogen (secondary N) is 1. The highest BCUT2D eigenvalue weighted by molar-refractivity contribution is 5.94. The molecule has 144 valence electrons. The van der Waals surface area contributed by atoms with Crippen LogP contribution in [0.3, 0.4) is 0 Å². The van der Waals surface area contributed by atoms with E-state index < -0.39 is 11.7 Å². The van der Waals surface area contributed by atoms with E-state index in [2.05, 4.69) is 10.3 Å². The zero-order valence-electron chi connectivity index (χ0n) is 15.0. The topological polar surface area (TPSA) is 51.2 Å². The standard InChI is InChI=1S/C21H17F3N2O2/c1-28-19-5-3-2-4-16(19)13-26-20(27)15-8-6-14(7-9-15)18-12-17(10-11-25-18)21(22,23)24/h2-12H,13H2,1H3,(H,26,27). The Morgan fingerprint density at radius 1 is 1.07 bits per heavy atom. The minimum Gasteiger partial charge on any atom is -0.496 e. The van der Waals surface area contributed by atoms with E-state index in [1.54, 1.807) is 37.4 Å². The molecule has 0 atom stereocenters. The van der Waals surface area contributed by atoms with Crippen LogP contribution < -0.4 is 10.1 Å².